The normalized spacial score (nSPS) is 20.7. The number of ether oxygens (including phenoxy) is 1. The van der Waals surface area contributed by atoms with Crippen LogP contribution < -0.4 is 5.32 Å². The summed E-state index contributed by atoms with van der Waals surface area (Å²) in [5, 5.41) is 14.5. The number of amides is 2. The van der Waals surface area contributed by atoms with Gasteiger partial charge in [-0.25, -0.2) is 0 Å². The topological polar surface area (TPSA) is 95.9 Å². The van der Waals surface area contributed by atoms with Crippen LogP contribution in [0, 0.1) is 0 Å². The van der Waals surface area contributed by atoms with Crippen LogP contribution >= 0.6 is 0 Å². The SMILES string of the molecule is O=C(N[C@@H](Cc1ccc(O)cc1)C(=O)N1CCC[C@H]2OCC(=O)[C@H]21)c1ccc2ccccc2c1. The van der Waals surface area contributed by atoms with Gasteiger partial charge in [-0.3, -0.25) is 14.4 Å². The molecule has 2 saturated heterocycles. The average Bonchev–Trinajstić information content (AvgIpc) is 3.25. The summed E-state index contributed by atoms with van der Waals surface area (Å²) in [5.41, 5.74) is 1.25. The molecular weight excluding hydrogens is 432 g/mol. The first-order valence-electron chi connectivity index (χ1n) is 11.5. The summed E-state index contributed by atoms with van der Waals surface area (Å²) in [6.45, 7) is 0.470. The van der Waals surface area contributed by atoms with Crippen molar-refractivity contribution in [2.75, 3.05) is 13.2 Å². The number of carbonyl (C=O) groups excluding carboxylic acids is 3. The minimum Gasteiger partial charge on any atom is -0.508 e. The minimum atomic E-state index is -0.865. The second kappa shape index (κ2) is 9.27. The first kappa shape index (κ1) is 22.1. The molecule has 0 radical (unpaired) electrons. The molecule has 5 rings (SSSR count). The number of rotatable bonds is 5. The van der Waals surface area contributed by atoms with Crippen LogP contribution in [-0.4, -0.2) is 58.9 Å². The zero-order valence-corrected chi connectivity index (χ0v) is 18.6. The van der Waals surface area contributed by atoms with Crippen molar-refractivity contribution in [3.63, 3.8) is 0 Å². The van der Waals surface area contributed by atoms with E-state index in [0.717, 1.165) is 29.2 Å². The van der Waals surface area contributed by atoms with E-state index in [9.17, 15) is 19.5 Å². The lowest BCUT2D eigenvalue weighted by atomic mass is 9.95. The lowest BCUT2D eigenvalue weighted by Gasteiger charge is -2.37. The first-order valence-corrected chi connectivity index (χ1v) is 11.5. The fourth-order valence-corrected chi connectivity index (χ4v) is 4.88. The summed E-state index contributed by atoms with van der Waals surface area (Å²) in [4.78, 5) is 41.0. The third-order valence-electron chi connectivity index (χ3n) is 6.62. The molecule has 7 heteroatoms. The van der Waals surface area contributed by atoms with Gasteiger partial charge in [0.1, 0.15) is 24.4 Å². The number of nitrogens with one attached hydrogen (secondary N) is 1. The molecule has 0 aromatic heterocycles. The number of benzene rings is 3. The van der Waals surface area contributed by atoms with Crippen molar-refractivity contribution in [3.8, 4) is 5.75 Å². The van der Waals surface area contributed by atoms with Gasteiger partial charge in [-0.2, -0.15) is 0 Å². The molecule has 2 N–H and O–H groups in total. The Hall–Kier alpha value is -3.71. The largest absolute Gasteiger partial charge is 0.508 e. The van der Waals surface area contributed by atoms with Gasteiger partial charge in [0.05, 0.1) is 6.10 Å². The average molecular weight is 459 g/mol. The quantitative estimate of drug-likeness (QED) is 0.613. The molecule has 3 atom stereocenters. The molecule has 34 heavy (non-hydrogen) atoms. The number of carbonyl (C=O) groups is 3. The third kappa shape index (κ3) is 4.39. The van der Waals surface area contributed by atoms with E-state index in [1.807, 2.05) is 30.3 Å². The first-order chi connectivity index (χ1) is 16.5. The van der Waals surface area contributed by atoms with Crippen LogP contribution in [0.2, 0.25) is 0 Å². The van der Waals surface area contributed by atoms with E-state index in [-0.39, 0.29) is 42.5 Å². The number of phenolic OH excluding ortho intramolecular Hbond substituents is 1. The molecule has 2 amide bonds. The smallest absolute Gasteiger partial charge is 0.251 e. The summed E-state index contributed by atoms with van der Waals surface area (Å²) >= 11 is 0. The highest BCUT2D eigenvalue weighted by Crippen LogP contribution is 2.27. The van der Waals surface area contributed by atoms with E-state index in [0.29, 0.717) is 12.1 Å². The molecule has 2 fully saturated rings. The number of piperidine rings is 1. The van der Waals surface area contributed by atoms with E-state index >= 15 is 0 Å². The standard InChI is InChI=1S/C27H26N2O5/c30-21-11-7-17(8-12-21)14-22(27(33)29-13-3-6-24-25(29)23(31)16-34-24)28-26(32)20-10-9-18-4-1-2-5-19(18)15-20/h1-2,4-5,7-12,15,22,24-25,30H,3,6,13-14,16H2,(H,28,32)/t22-,24+,25+/m0/s1. The molecule has 3 aromatic carbocycles. The number of likely N-dealkylation sites (tertiary alicyclic amines) is 1. The second-order valence-electron chi connectivity index (χ2n) is 8.89. The van der Waals surface area contributed by atoms with Crippen molar-refractivity contribution < 1.29 is 24.2 Å². The maximum atomic E-state index is 13.7. The summed E-state index contributed by atoms with van der Waals surface area (Å²) in [6.07, 6.45) is 1.44. The van der Waals surface area contributed by atoms with Crippen LogP contribution in [0.15, 0.2) is 66.7 Å². The van der Waals surface area contributed by atoms with Crippen molar-refractivity contribution in [2.24, 2.45) is 0 Å². The summed E-state index contributed by atoms with van der Waals surface area (Å²) in [6, 6.07) is 18.3. The van der Waals surface area contributed by atoms with E-state index in [4.69, 9.17) is 4.74 Å². The predicted octanol–water partition coefficient (Wildman–Crippen LogP) is 2.85. The van der Waals surface area contributed by atoms with Crippen LogP contribution in [-0.2, 0) is 20.7 Å². The predicted molar refractivity (Wildman–Crippen MR) is 126 cm³/mol. The molecule has 0 aliphatic carbocycles. The molecule has 3 aromatic rings. The molecule has 2 aliphatic rings. The lowest BCUT2D eigenvalue weighted by molar-refractivity contribution is -0.142. The maximum absolute atomic E-state index is 13.7. The van der Waals surface area contributed by atoms with Crippen molar-refractivity contribution >= 4 is 28.4 Å². The molecular formula is C27H26N2O5. The van der Waals surface area contributed by atoms with Crippen molar-refractivity contribution in [1.82, 2.24) is 10.2 Å². The minimum absolute atomic E-state index is 0.0190. The summed E-state index contributed by atoms with van der Waals surface area (Å²) < 4.78 is 5.59. The van der Waals surface area contributed by atoms with Gasteiger partial charge in [0.15, 0.2) is 5.78 Å². The molecule has 174 valence electrons. The Balaban J connectivity index is 1.42. The number of aromatic hydroxyl groups is 1. The zero-order valence-electron chi connectivity index (χ0n) is 18.6. The Morgan fingerprint density at radius 1 is 1.06 bits per heavy atom. The van der Waals surface area contributed by atoms with Crippen LogP contribution in [0.1, 0.15) is 28.8 Å². The number of fused-ring (bicyclic) bond motifs is 2. The second-order valence-corrected chi connectivity index (χ2v) is 8.89. The number of phenols is 1. The van der Waals surface area contributed by atoms with Gasteiger partial charge in [-0.15, -0.1) is 0 Å². The van der Waals surface area contributed by atoms with Gasteiger partial charge in [0, 0.05) is 18.5 Å². The van der Waals surface area contributed by atoms with E-state index < -0.39 is 12.1 Å². The summed E-state index contributed by atoms with van der Waals surface area (Å²) in [7, 11) is 0. The van der Waals surface area contributed by atoms with Gasteiger partial charge in [-0.05, 0) is 53.4 Å². The van der Waals surface area contributed by atoms with Crippen LogP contribution in [0.3, 0.4) is 0 Å². The number of Topliss-reactive ketones (excluding diaryl/α,β-unsaturated/α-hetero) is 1. The number of hydrogen-bond acceptors (Lipinski definition) is 5. The number of ketones is 1. The number of nitrogens with zero attached hydrogens (tertiary/aromatic N) is 1. The van der Waals surface area contributed by atoms with E-state index in [1.54, 1.807) is 41.3 Å². The molecule has 0 spiro atoms. The lowest BCUT2D eigenvalue weighted by Crippen LogP contribution is -2.58. The Morgan fingerprint density at radius 3 is 2.62 bits per heavy atom. The Labute approximate surface area is 197 Å². The Morgan fingerprint density at radius 2 is 1.82 bits per heavy atom. The summed E-state index contributed by atoms with van der Waals surface area (Å²) in [5.74, 6) is -0.622. The van der Waals surface area contributed by atoms with E-state index in [2.05, 4.69) is 5.32 Å². The monoisotopic (exact) mass is 458 g/mol. The molecule has 0 bridgehead atoms. The van der Waals surface area contributed by atoms with Crippen LogP contribution in [0.4, 0.5) is 0 Å². The maximum Gasteiger partial charge on any atom is 0.251 e. The zero-order chi connectivity index (χ0) is 23.7. The molecule has 2 heterocycles. The van der Waals surface area contributed by atoms with Crippen molar-refractivity contribution in [1.29, 1.82) is 0 Å². The Bertz CT molecular complexity index is 1240. The van der Waals surface area contributed by atoms with Crippen molar-refractivity contribution in [3.05, 3.63) is 77.9 Å². The van der Waals surface area contributed by atoms with Gasteiger partial charge in [-0.1, -0.05) is 42.5 Å². The molecule has 0 unspecified atom stereocenters. The molecule has 0 saturated carbocycles. The fraction of sp³-hybridized carbons (Fsp3) is 0.296. The van der Waals surface area contributed by atoms with Gasteiger partial charge >= 0.3 is 0 Å². The van der Waals surface area contributed by atoms with Crippen molar-refractivity contribution in [2.45, 2.75) is 37.5 Å². The highest BCUT2D eigenvalue weighted by molar-refractivity contribution is 6.01. The van der Waals surface area contributed by atoms with Gasteiger partial charge in [0.25, 0.3) is 5.91 Å². The third-order valence-corrected chi connectivity index (χ3v) is 6.62. The number of hydrogen-bond donors (Lipinski definition) is 2. The molecule has 2 aliphatic heterocycles. The Kier molecular flexibility index (Phi) is 6.02. The molecule has 7 nitrogen and oxygen atoms in total. The van der Waals surface area contributed by atoms with Crippen LogP contribution in [0.25, 0.3) is 10.8 Å². The van der Waals surface area contributed by atoms with E-state index in [1.165, 1.54) is 0 Å². The van der Waals surface area contributed by atoms with Crippen LogP contribution in [0.5, 0.6) is 5.75 Å². The highest BCUT2D eigenvalue weighted by atomic mass is 16.5. The van der Waals surface area contributed by atoms with Gasteiger partial charge in [0.2, 0.25) is 5.91 Å². The fourth-order valence-electron chi connectivity index (χ4n) is 4.88. The van der Waals surface area contributed by atoms with Gasteiger partial charge < -0.3 is 20.1 Å². The highest BCUT2D eigenvalue weighted by Gasteiger charge is 2.45.